The van der Waals surface area contributed by atoms with Crippen molar-refractivity contribution in [2.45, 2.75) is 12.8 Å². The van der Waals surface area contributed by atoms with Crippen molar-refractivity contribution in [2.75, 3.05) is 13.1 Å². The standard InChI is InChI=1S/C18H14ClN3O4/c19-16-5-3-13(22(24)25)10-15(16)17-6-4-14(26-17)9-12(11-20)18(23)21-7-1-2-8-21/h3-6,9-10H,1-2,7-8H2/b12-9+. The Hall–Kier alpha value is -3.11. The van der Waals surface area contributed by atoms with Gasteiger partial charge in [-0.3, -0.25) is 14.9 Å². The SMILES string of the molecule is N#C/C(=C\c1ccc(-c2cc([N+](=O)[O-])ccc2Cl)o1)C(=O)N1CCCC1. The number of hydrogen-bond acceptors (Lipinski definition) is 5. The van der Waals surface area contributed by atoms with Gasteiger partial charge in [0.05, 0.1) is 9.95 Å². The number of halogens is 1. The van der Waals surface area contributed by atoms with Crippen LogP contribution in [0.3, 0.4) is 0 Å². The van der Waals surface area contributed by atoms with Crippen LogP contribution in [0.25, 0.3) is 17.4 Å². The Morgan fingerprint density at radius 3 is 2.69 bits per heavy atom. The predicted octanol–water partition coefficient (Wildman–Crippen LogP) is 4.04. The smallest absolute Gasteiger partial charge is 0.270 e. The molecule has 7 nitrogen and oxygen atoms in total. The van der Waals surface area contributed by atoms with E-state index in [0.717, 1.165) is 12.8 Å². The fourth-order valence-electron chi connectivity index (χ4n) is 2.77. The zero-order valence-corrected chi connectivity index (χ0v) is 14.4. The molecule has 2 heterocycles. The van der Waals surface area contributed by atoms with Gasteiger partial charge in [-0.15, -0.1) is 0 Å². The van der Waals surface area contributed by atoms with E-state index in [2.05, 4.69) is 0 Å². The third kappa shape index (κ3) is 3.60. The summed E-state index contributed by atoms with van der Waals surface area (Å²) in [6.45, 7) is 1.29. The molecule has 0 saturated carbocycles. The summed E-state index contributed by atoms with van der Waals surface area (Å²) < 4.78 is 5.63. The summed E-state index contributed by atoms with van der Waals surface area (Å²) in [6.07, 6.45) is 3.23. The normalized spacial score (nSPS) is 14.3. The molecule has 1 aliphatic heterocycles. The molecule has 0 unspecified atom stereocenters. The lowest BCUT2D eigenvalue weighted by Crippen LogP contribution is -2.28. The number of rotatable bonds is 4. The Morgan fingerprint density at radius 1 is 1.31 bits per heavy atom. The number of nitro benzene ring substituents is 1. The summed E-state index contributed by atoms with van der Waals surface area (Å²) in [4.78, 5) is 24.4. The molecular weight excluding hydrogens is 358 g/mol. The zero-order chi connectivity index (χ0) is 18.7. The molecule has 1 aromatic carbocycles. The summed E-state index contributed by atoms with van der Waals surface area (Å²) >= 11 is 6.10. The maximum absolute atomic E-state index is 12.3. The van der Waals surface area contributed by atoms with Gasteiger partial charge in [-0.05, 0) is 31.0 Å². The fraction of sp³-hybridized carbons (Fsp3) is 0.222. The van der Waals surface area contributed by atoms with E-state index in [0.29, 0.717) is 35.2 Å². The minimum absolute atomic E-state index is 0.0158. The molecule has 3 rings (SSSR count). The van der Waals surface area contributed by atoms with Crippen LogP contribution >= 0.6 is 11.6 Å². The van der Waals surface area contributed by atoms with Crippen molar-refractivity contribution in [3.05, 3.63) is 56.8 Å². The Bertz CT molecular complexity index is 936. The molecule has 26 heavy (non-hydrogen) atoms. The minimum Gasteiger partial charge on any atom is -0.457 e. The van der Waals surface area contributed by atoms with Gasteiger partial charge in [0.1, 0.15) is 23.2 Å². The highest BCUT2D eigenvalue weighted by atomic mass is 35.5. The third-order valence-corrected chi connectivity index (χ3v) is 4.41. The van der Waals surface area contributed by atoms with E-state index in [1.165, 1.54) is 24.3 Å². The number of nitro groups is 1. The summed E-state index contributed by atoms with van der Waals surface area (Å²) in [6, 6.07) is 9.12. The molecule has 132 valence electrons. The first-order valence-corrected chi connectivity index (χ1v) is 8.32. The second-order valence-corrected chi connectivity index (χ2v) is 6.20. The number of carbonyl (C=O) groups excluding carboxylic acids is 1. The van der Waals surface area contributed by atoms with Crippen LogP contribution in [-0.2, 0) is 4.79 Å². The van der Waals surface area contributed by atoms with Crippen LogP contribution in [0.1, 0.15) is 18.6 Å². The second kappa shape index (κ2) is 7.42. The highest BCUT2D eigenvalue weighted by Crippen LogP contribution is 2.33. The third-order valence-electron chi connectivity index (χ3n) is 4.08. The van der Waals surface area contributed by atoms with E-state index in [9.17, 15) is 20.2 Å². The van der Waals surface area contributed by atoms with Gasteiger partial charge >= 0.3 is 0 Å². The number of carbonyl (C=O) groups is 1. The number of non-ortho nitro benzene ring substituents is 1. The van der Waals surface area contributed by atoms with Crippen LogP contribution in [-0.4, -0.2) is 28.8 Å². The lowest BCUT2D eigenvalue weighted by molar-refractivity contribution is -0.384. The minimum atomic E-state index is -0.522. The average molecular weight is 372 g/mol. The number of likely N-dealkylation sites (tertiary alicyclic amines) is 1. The van der Waals surface area contributed by atoms with Crippen LogP contribution in [0.15, 0.2) is 40.3 Å². The number of nitriles is 1. The number of nitrogens with zero attached hydrogens (tertiary/aromatic N) is 3. The van der Waals surface area contributed by atoms with Crippen LogP contribution in [0.4, 0.5) is 5.69 Å². The summed E-state index contributed by atoms with van der Waals surface area (Å²) in [5, 5.41) is 20.5. The first kappa shape index (κ1) is 17.7. The van der Waals surface area contributed by atoms with Gasteiger partial charge in [-0.25, -0.2) is 0 Å². The van der Waals surface area contributed by atoms with E-state index < -0.39 is 4.92 Å². The molecule has 0 bridgehead atoms. The van der Waals surface area contributed by atoms with Crippen LogP contribution in [0, 0.1) is 21.4 Å². The highest BCUT2D eigenvalue weighted by molar-refractivity contribution is 6.33. The quantitative estimate of drug-likeness (QED) is 0.349. The Balaban J connectivity index is 1.90. The van der Waals surface area contributed by atoms with Crippen molar-refractivity contribution in [1.29, 1.82) is 5.26 Å². The molecule has 0 N–H and O–H groups in total. The zero-order valence-electron chi connectivity index (χ0n) is 13.6. The summed E-state index contributed by atoms with van der Waals surface area (Å²) in [7, 11) is 0. The average Bonchev–Trinajstić information content (AvgIpc) is 3.31. The van der Waals surface area contributed by atoms with Gasteiger partial charge in [-0.2, -0.15) is 5.26 Å². The lowest BCUT2D eigenvalue weighted by Gasteiger charge is -2.13. The van der Waals surface area contributed by atoms with Crippen molar-refractivity contribution >= 4 is 29.3 Å². The molecule has 2 aromatic rings. The molecule has 0 radical (unpaired) electrons. The largest absolute Gasteiger partial charge is 0.457 e. The number of amides is 1. The molecule has 0 spiro atoms. The molecule has 1 aliphatic rings. The van der Waals surface area contributed by atoms with Gasteiger partial charge in [0, 0.05) is 36.9 Å². The molecule has 1 saturated heterocycles. The summed E-state index contributed by atoms with van der Waals surface area (Å²) in [5.74, 6) is 0.291. The van der Waals surface area contributed by atoms with Crippen molar-refractivity contribution in [3.8, 4) is 17.4 Å². The summed E-state index contributed by atoms with van der Waals surface area (Å²) in [5.41, 5.74) is 0.239. The van der Waals surface area contributed by atoms with Crippen LogP contribution in [0.2, 0.25) is 5.02 Å². The molecule has 1 aromatic heterocycles. The Labute approximate surface area is 154 Å². The molecule has 1 fully saturated rings. The van der Waals surface area contributed by atoms with Crippen molar-refractivity contribution < 1.29 is 14.1 Å². The fourth-order valence-corrected chi connectivity index (χ4v) is 2.98. The Morgan fingerprint density at radius 2 is 2.04 bits per heavy atom. The number of hydrogen-bond donors (Lipinski definition) is 0. The maximum Gasteiger partial charge on any atom is 0.270 e. The van der Waals surface area contributed by atoms with Gasteiger partial charge in [0.15, 0.2) is 0 Å². The number of benzene rings is 1. The van der Waals surface area contributed by atoms with E-state index in [-0.39, 0.29) is 17.2 Å². The Kier molecular flexibility index (Phi) is 5.05. The van der Waals surface area contributed by atoms with Crippen molar-refractivity contribution in [2.24, 2.45) is 0 Å². The van der Waals surface area contributed by atoms with Gasteiger partial charge < -0.3 is 9.32 Å². The highest BCUT2D eigenvalue weighted by Gasteiger charge is 2.22. The number of furan rings is 1. The molecule has 0 aliphatic carbocycles. The second-order valence-electron chi connectivity index (χ2n) is 5.79. The van der Waals surface area contributed by atoms with E-state index >= 15 is 0 Å². The monoisotopic (exact) mass is 371 g/mol. The maximum atomic E-state index is 12.3. The molecule has 8 heteroatoms. The van der Waals surface area contributed by atoms with Crippen LogP contribution < -0.4 is 0 Å². The van der Waals surface area contributed by atoms with E-state index in [1.54, 1.807) is 17.0 Å². The topological polar surface area (TPSA) is 100 Å². The van der Waals surface area contributed by atoms with Crippen molar-refractivity contribution in [1.82, 2.24) is 4.90 Å². The van der Waals surface area contributed by atoms with Gasteiger partial charge in [0.2, 0.25) is 0 Å². The first-order valence-electron chi connectivity index (χ1n) is 7.95. The first-order chi connectivity index (χ1) is 12.5. The van der Waals surface area contributed by atoms with E-state index in [1.807, 2.05) is 6.07 Å². The molecule has 1 amide bonds. The van der Waals surface area contributed by atoms with E-state index in [4.69, 9.17) is 16.0 Å². The van der Waals surface area contributed by atoms with Crippen molar-refractivity contribution in [3.63, 3.8) is 0 Å². The van der Waals surface area contributed by atoms with Gasteiger partial charge in [0.25, 0.3) is 11.6 Å². The van der Waals surface area contributed by atoms with Gasteiger partial charge in [-0.1, -0.05) is 11.6 Å². The van der Waals surface area contributed by atoms with Crippen LogP contribution in [0.5, 0.6) is 0 Å². The lowest BCUT2D eigenvalue weighted by atomic mass is 10.1. The predicted molar refractivity (Wildman–Crippen MR) is 95.2 cm³/mol. The molecule has 0 atom stereocenters. The molecular formula is C18H14ClN3O4.